The number of hydrogen-bond donors (Lipinski definition) is 0. The quantitative estimate of drug-likeness (QED) is 0.423. The van der Waals surface area contributed by atoms with E-state index in [1.54, 1.807) is 22.7 Å². The fourth-order valence-corrected chi connectivity index (χ4v) is 5.10. The topological polar surface area (TPSA) is 25.8 Å². The summed E-state index contributed by atoms with van der Waals surface area (Å²) >= 11 is 3.36. The second-order valence-electron chi connectivity index (χ2n) is 6.40. The van der Waals surface area contributed by atoms with Gasteiger partial charge in [0.15, 0.2) is 9.66 Å². The SMILES string of the molecule is Cc1cc(C)cc(-c2nc3sc(-c4cc(C)cc(C)c4)nc3s2)c1. The molecular weight excluding hydrogens is 332 g/mol. The van der Waals surface area contributed by atoms with Crippen LogP contribution in [0.25, 0.3) is 30.8 Å². The second-order valence-corrected chi connectivity index (χ2v) is 8.36. The third-order valence-corrected chi connectivity index (χ3v) is 6.04. The minimum atomic E-state index is 1.03. The molecule has 0 amide bonds. The molecule has 2 aromatic heterocycles. The molecule has 24 heavy (non-hydrogen) atoms. The Morgan fingerprint density at radius 3 is 1.21 bits per heavy atom. The van der Waals surface area contributed by atoms with Crippen molar-refractivity contribution in [3.8, 4) is 21.1 Å². The van der Waals surface area contributed by atoms with Gasteiger partial charge in [-0.15, -0.1) is 0 Å². The summed E-state index contributed by atoms with van der Waals surface area (Å²) in [7, 11) is 0. The Hall–Kier alpha value is -2.04. The van der Waals surface area contributed by atoms with Gasteiger partial charge in [-0.05, 0) is 52.0 Å². The maximum atomic E-state index is 4.83. The van der Waals surface area contributed by atoms with Crippen LogP contribution < -0.4 is 0 Å². The molecule has 4 rings (SSSR count). The van der Waals surface area contributed by atoms with Crippen LogP contribution in [0.15, 0.2) is 36.4 Å². The Labute approximate surface area is 149 Å². The van der Waals surface area contributed by atoms with Gasteiger partial charge in [-0.3, -0.25) is 0 Å². The predicted octanol–water partition coefficient (Wildman–Crippen LogP) is 6.32. The molecule has 0 unspecified atom stereocenters. The van der Waals surface area contributed by atoms with Gasteiger partial charge in [0.1, 0.15) is 10.0 Å². The van der Waals surface area contributed by atoms with Crippen LogP contribution in [-0.2, 0) is 0 Å². The summed E-state index contributed by atoms with van der Waals surface area (Å²) < 4.78 is 0. The second kappa shape index (κ2) is 5.80. The average Bonchev–Trinajstić information content (AvgIpc) is 3.03. The molecule has 0 aliphatic heterocycles. The van der Waals surface area contributed by atoms with E-state index in [0.717, 1.165) is 19.7 Å². The Morgan fingerprint density at radius 2 is 0.875 bits per heavy atom. The van der Waals surface area contributed by atoms with Crippen LogP contribution >= 0.6 is 22.7 Å². The summed E-state index contributed by atoms with van der Waals surface area (Å²) in [6, 6.07) is 13.2. The molecular formula is C20H18N2S2. The summed E-state index contributed by atoms with van der Waals surface area (Å²) in [5.41, 5.74) is 7.46. The maximum Gasteiger partial charge on any atom is 0.155 e. The molecule has 0 saturated carbocycles. The van der Waals surface area contributed by atoms with E-state index in [9.17, 15) is 0 Å². The Bertz CT molecular complexity index is 904. The predicted molar refractivity (Wildman–Crippen MR) is 105 cm³/mol. The van der Waals surface area contributed by atoms with Gasteiger partial charge in [0.2, 0.25) is 0 Å². The summed E-state index contributed by atoms with van der Waals surface area (Å²) in [6.07, 6.45) is 0. The van der Waals surface area contributed by atoms with Gasteiger partial charge in [0.25, 0.3) is 0 Å². The molecule has 0 aliphatic rings. The van der Waals surface area contributed by atoms with Crippen molar-refractivity contribution < 1.29 is 0 Å². The van der Waals surface area contributed by atoms with Gasteiger partial charge in [-0.1, -0.05) is 57.1 Å². The molecule has 0 fully saturated rings. The zero-order valence-electron chi connectivity index (χ0n) is 14.2. The Morgan fingerprint density at radius 1 is 0.542 bits per heavy atom. The molecule has 0 atom stereocenters. The van der Waals surface area contributed by atoms with Gasteiger partial charge in [0.05, 0.1) is 0 Å². The minimum absolute atomic E-state index is 1.03. The summed E-state index contributed by atoms with van der Waals surface area (Å²) in [5, 5.41) is 2.12. The van der Waals surface area contributed by atoms with Crippen LogP contribution in [0.5, 0.6) is 0 Å². The molecule has 0 aliphatic carbocycles. The van der Waals surface area contributed by atoms with E-state index in [-0.39, 0.29) is 0 Å². The Kier molecular flexibility index (Phi) is 3.74. The number of aryl methyl sites for hydroxylation is 4. The largest absolute Gasteiger partial charge is 0.223 e. The number of rotatable bonds is 2. The van der Waals surface area contributed by atoms with Gasteiger partial charge < -0.3 is 0 Å². The molecule has 0 bridgehead atoms. The summed E-state index contributed by atoms with van der Waals surface area (Å²) in [5.74, 6) is 0. The third kappa shape index (κ3) is 2.87. The highest BCUT2D eigenvalue weighted by Gasteiger charge is 2.13. The van der Waals surface area contributed by atoms with Gasteiger partial charge in [-0.25, -0.2) is 9.97 Å². The van der Waals surface area contributed by atoms with E-state index in [4.69, 9.17) is 9.97 Å². The molecule has 0 saturated heterocycles. The third-order valence-electron chi connectivity index (χ3n) is 3.91. The molecule has 4 heteroatoms. The van der Waals surface area contributed by atoms with Crippen molar-refractivity contribution in [2.24, 2.45) is 0 Å². The lowest BCUT2D eigenvalue weighted by Gasteiger charge is -2.02. The molecule has 0 N–H and O–H groups in total. The molecule has 120 valence electrons. The smallest absolute Gasteiger partial charge is 0.155 e. The van der Waals surface area contributed by atoms with Crippen LogP contribution in [0, 0.1) is 27.7 Å². The zero-order valence-corrected chi connectivity index (χ0v) is 15.8. The van der Waals surface area contributed by atoms with Crippen LogP contribution in [0.2, 0.25) is 0 Å². The lowest BCUT2D eigenvalue weighted by Crippen LogP contribution is -1.82. The fourth-order valence-electron chi connectivity index (χ4n) is 3.09. The summed E-state index contributed by atoms with van der Waals surface area (Å²) in [4.78, 5) is 11.7. The first-order chi connectivity index (χ1) is 11.5. The van der Waals surface area contributed by atoms with E-state index < -0.39 is 0 Å². The highest BCUT2D eigenvalue weighted by molar-refractivity contribution is 7.29. The number of aromatic nitrogens is 2. The van der Waals surface area contributed by atoms with Crippen LogP contribution in [0.3, 0.4) is 0 Å². The van der Waals surface area contributed by atoms with E-state index >= 15 is 0 Å². The van der Waals surface area contributed by atoms with Crippen molar-refractivity contribution in [3.63, 3.8) is 0 Å². The van der Waals surface area contributed by atoms with E-state index in [1.807, 2.05) is 0 Å². The normalized spacial score (nSPS) is 11.3. The van der Waals surface area contributed by atoms with Crippen LogP contribution in [-0.4, -0.2) is 9.97 Å². The van der Waals surface area contributed by atoms with Crippen molar-refractivity contribution in [1.29, 1.82) is 0 Å². The van der Waals surface area contributed by atoms with Crippen LogP contribution in [0.4, 0.5) is 0 Å². The monoisotopic (exact) mass is 350 g/mol. The number of benzene rings is 2. The number of fused-ring (bicyclic) bond motifs is 1. The first-order valence-electron chi connectivity index (χ1n) is 7.93. The lowest BCUT2D eigenvalue weighted by molar-refractivity contribution is 1.37. The van der Waals surface area contributed by atoms with E-state index in [0.29, 0.717) is 0 Å². The van der Waals surface area contributed by atoms with Crippen LogP contribution in [0.1, 0.15) is 22.3 Å². The molecule has 0 radical (unpaired) electrons. The zero-order chi connectivity index (χ0) is 16.8. The van der Waals surface area contributed by atoms with Crippen molar-refractivity contribution >= 4 is 32.3 Å². The number of thiazole rings is 2. The standard InChI is InChI=1S/C20H18N2S2/c1-11-5-12(2)8-15(7-11)17-21-19-20(23-17)22-18(24-19)16-9-13(3)6-14(4)10-16/h5-10H,1-4H3. The first kappa shape index (κ1) is 15.5. The number of nitrogens with zero attached hydrogens (tertiary/aromatic N) is 2. The molecule has 4 aromatic rings. The molecule has 2 aromatic carbocycles. The van der Waals surface area contributed by atoms with Crippen molar-refractivity contribution in [3.05, 3.63) is 58.7 Å². The molecule has 2 nitrogen and oxygen atoms in total. The van der Waals surface area contributed by atoms with E-state index in [1.165, 1.54) is 33.4 Å². The lowest BCUT2D eigenvalue weighted by atomic mass is 10.1. The molecule has 0 spiro atoms. The van der Waals surface area contributed by atoms with Crippen molar-refractivity contribution in [2.45, 2.75) is 27.7 Å². The van der Waals surface area contributed by atoms with E-state index in [2.05, 4.69) is 64.1 Å². The highest BCUT2D eigenvalue weighted by Crippen LogP contribution is 2.37. The van der Waals surface area contributed by atoms with Crippen molar-refractivity contribution in [1.82, 2.24) is 9.97 Å². The summed E-state index contributed by atoms with van der Waals surface area (Å²) in [6.45, 7) is 8.51. The fraction of sp³-hybridized carbons (Fsp3) is 0.200. The van der Waals surface area contributed by atoms with Gasteiger partial charge in [-0.2, -0.15) is 0 Å². The van der Waals surface area contributed by atoms with Crippen molar-refractivity contribution in [2.75, 3.05) is 0 Å². The minimum Gasteiger partial charge on any atom is -0.223 e. The average molecular weight is 351 g/mol. The maximum absolute atomic E-state index is 4.83. The Balaban J connectivity index is 1.77. The first-order valence-corrected chi connectivity index (χ1v) is 9.56. The highest BCUT2D eigenvalue weighted by atomic mass is 32.1. The van der Waals surface area contributed by atoms with Gasteiger partial charge in [0, 0.05) is 11.1 Å². The van der Waals surface area contributed by atoms with Gasteiger partial charge >= 0.3 is 0 Å². The number of hydrogen-bond acceptors (Lipinski definition) is 4. The molecule has 2 heterocycles.